The minimum Gasteiger partial charge on any atom is -0.444 e. The number of amides is 1. The Hall–Kier alpha value is -2.78. The van der Waals surface area contributed by atoms with Gasteiger partial charge in [-0.05, 0) is 45.4 Å². The second kappa shape index (κ2) is 9.75. The number of carbonyl (C=O) groups is 1. The van der Waals surface area contributed by atoms with E-state index in [0.717, 1.165) is 28.5 Å². The number of hydrogen-bond acceptors (Lipinski definition) is 7. The average molecular weight is 567 g/mol. The SMILES string of the molecule is CC(C)(C)OC(=O)N[C@H]1C[C@@H](N2Cc3cn(S(C)(=O)=O)nc3C2)[C@@H](C(F)(F)F)O[C@@H]1c1cc(F)ccc1F. The Morgan fingerprint density at radius 3 is 2.45 bits per heavy atom. The normalized spacial score (nSPS) is 24.8. The smallest absolute Gasteiger partial charge is 0.416 e. The molecule has 0 radical (unpaired) electrons. The van der Waals surface area contributed by atoms with Crippen molar-refractivity contribution in [1.29, 1.82) is 0 Å². The number of nitrogens with zero attached hydrogens (tertiary/aromatic N) is 3. The first-order chi connectivity index (χ1) is 17.4. The van der Waals surface area contributed by atoms with Crippen LogP contribution in [0, 0.1) is 11.6 Å². The number of hydrogen-bond donors (Lipinski definition) is 1. The maximum atomic E-state index is 14.7. The molecule has 2 aliphatic rings. The van der Waals surface area contributed by atoms with Gasteiger partial charge in [0.25, 0.3) is 10.0 Å². The van der Waals surface area contributed by atoms with Crippen molar-refractivity contribution >= 4 is 16.1 Å². The number of ether oxygens (including phenoxy) is 2. The van der Waals surface area contributed by atoms with E-state index in [1.807, 2.05) is 0 Å². The summed E-state index contributed by atoms with van der Waals surface area (Å²) in [6.07, 6.45) is -8.17. The highest BCUT2D eigenvalue weighted by Crippen LogP contribution is 2.43. The largest absolute Gasteiger partial charge is 0.444 e. The first kappa shape index (κ1) is 28.2. The Balaban J connectivity index is 1.68. The lowest BCUT2D eigenvalue weighted by molar-refractivity contribution is -0.270. The quantitative estimate of drug-likeness (QED) is 0.564. The number of alkyl carbamates (subject to hydrolysis) is 1. The molecular weight excluding hydrogens is 539 g/mol. The van der Waals surface area contributed by atoms with E-state index in [2.05, 4.69) is 10.4 Å². The molecule has 1 saturated heterocycles. The van der Waals surface area contributed by atoms with E-state index >= 15 is 0 Å². The van der Waals surface area contributed by atoms with Crippen LogP contribution in [-0.4, -0.2) is 64.8 Å². The maximum Gasteiger partial charge on any atom is 0.416 e. The molecule has 15 heteroatoms. The van der Waals surface area contributed by atoms with Crippen molar-refractivity contribution in [3.05, 3.63) is 52.9 Å². The number of halogens is 5. The van der Waals surface area contributed by atoms with E-state index in [0.29, 0.717) is 5.56 Å². The zero-order chi connectivity index (χ0) is 28.2. The van der Waals surface area contributed by atoms with Crippen LogP contribution in [0.15, 0.2) is 24.4 Å². The molecule has 9 nitrogen and oxygen atoms in total. The van der Waals surface area contributed by atoms with Gasteiger partial charge in [0.1, 0.15) is 23.3 Å². The van der Waals surface area contributed by atoms with Gasteiger partial charge < -0.3 is 14.8 Å². The molecule has 1 aromatic heterocycles. The summed E-state index contributed by atoms with van der Waals surface area (Å²) >= 11 is 0. The fraction of sp³-hybridized carbons (Fsp3) is 0.565. The van der Waals surface area contributed by atoms with Crippen molar-refractivity contribution in [2.24, 2.45) is 0 Å². The first-order valence-electron chi connectivity index (χ1n) is 11.6. The van der Waals surface area contributed by atoms with Crippen molar-refractivity contribution < 1.29 is 44.6 Å². The van der Waals surface area contributed by atoms with Gasteiger partial charge in [0.05, 0.1) is 18.0 Å². The molecule has 1 aromatic carbocycles. The van der Waals surface area contributed by atoms with Crippen LogP contribution in [0.3, 0.4) is 0 Å². The third-order valence-corrected chi connectivity index (χ3v) is 7.05. The molecule has 2 aliphatic heterocycles. The summed E-state index contributed by atoms with van der Waals surface area (Å²) in [5, 5.41) is 6.44. The van der Waals surface area contributed by atoms with Crippen molar-refractivity contribution in [3.63, 3.8) is 0 Å². The topological polar surface area (TPSA) is 103 Å². The van der Waals surface area contributed by atoms with E-state index in [1.54, 1.807) is 20.8 Å². The molecule has 38 heavy (non-hydrogen) atoms. The minimum absolute atomic E-state index is 0.0659. The van der Waals surface area contributed by atoms with Gasteiger partial charge in [-0.2, -0.15) is 22.4 Å². The summed E-state index contributed by atoms with van der Waals surface area (Å²) in [4.78, 5) is 14.0. The first-order valence-corrected chi connectivity index (χ1v) is 13.5. The van der Waals surface area contributed by atoms with Gasteiger partial charge in [0, 0.05) is 36.5 Å². The Kier molecular flexibility index (Phi) is 7.25. The summed E-state index contributed by atoms with van der Waals surface area (Å²) < 4.78 is 106. The van der Waals surface area contributed by atoms with Gasteiger partial charge >= 0.3 is 12.3 Å². The Morgan fingerprint density at radius 2 is 1.87 bits per heavy atom. The fourth-order valence-electron chi connectivity index (χ4n) is 4.66. The lowest BCUT2D eigenvalue weighted by Gasteiger charge is -2.45. The highest BCUT2D eigenvalue weighted by atomic mass is 32.2. The molecule has 0 bridgehead atoms. The third-order valence-electron chi connectivity index (χ3n) is 6.18. The molecule has 1 amide bonds. The molecule has 1 fully saturated rings. The monoisotopic (exact) mass is 566 g/mol. The standard InChI is InChI=1S/C23H27F5N4O5S/c1-22(2,3)37-21(33)29-16-8-18(31-9-12-10-32(38(4,34)35)30-17(12)11-31)20(23(26,27)28)36-19(16)14-7-13(24)5-6-15(14)25/h5-7,10,16,18-20H,8-9,11H2,1-4H3,(H,29,33)/t16-,18+,19+,20-/m0/s1. The molecular formula is C23H27F5N4O5S. The van der Waals surface area contributed by atoms with E-state index < -0.39 is 69.4 Å². The number of carbonyl (C=O) groups excluding carboxylic acids is 1. The number of alkyl halides is 3. The Bertz CT molecular complexity index is 1300. The van der Waals surface area contributed by atoms with Crippen LogP contribution in [0.5, 0.6) is 0 Å². The molecule has 0 unspecified atom stereocenters. The van der Waals surface area contributed by atoms with Crippen molar-refractivity contribution in [2.75, 3.05) is 6.26 Å². The predicted molar refractivity (Wildman–Crippen MR) is 123 cm³/mol. The highest BCUT2D eigenvalue weighted by Gasteiger charge is 2.55. The lowest BCUT2D eigenvalue weighted by Crippen LogP contribution is -2.59. The third kappa shape index (κ3) is 6.10. The van der Waals surface area contributed by atoms with Crippen LogP contribution in [0.1, 0.15) is 50.1 Å². The number of aromatic nitrogens is 2. The van der Waals surface area contributed by atoms with Crippen molar-refractivity contribution in [2.45, 2.75) is 76.4 Å². The second-order valence-electron chi connectivity index (χ2n) is 10.4. The lowest BCUT2D eigenvalue weighted by atomic mass is 9.88. The molecule has 2 aromatic rings. The number of benzene rings is 1. The summed E-state index contributed by atoms with van der Waals surface area (Å²) in [6, 6.07) is -0.277. The van der Waals surface area contributed by atoms with E-state index in [1.165, 1.54) is 11.1 Å². The Morgan fingerprint density at radius 1 is 1.18 bits per heavy atom. The summed E-state index contributed by atoms with van der Waals surface area (Å²) in [5.41, 5.74) is -0.708. The van der Waals surface area contributed by atoms with Gasteiger partial charge in [-0.1, -0.05) is 0 Å². The predicted octanol–water partition coefficient (Wildman–Crippen LogP) is 3.64. The average Bonchev–Trinajstić information content (AvgIpc) is 3.32. The fourth-order valence-corrected chi connectivity index (χ4v) is 5.23. The number of fused-ring (bicyclic) bond motifs is 1. The van der Waals surface area contributed by atoms with Crippen LogP contribution in [0.2, 0.25) is 0 Å². The van der Waals surface area contributed by atoms with Gasteiger partial charge in [0.15, 0.2) is 6.10 Å². The van der Waals surface area contributed by atoms with Gasteiger partial charge in [-0.15, -0.1) is 0 Å². The molecule has 4 rings (SSSR count). The van der Waals surface area contributed by atoms with Crippen LogP contribution >= 0.6 is 0 Å². The number of nitrogens with one attached hydrogen (secondary N) is 1. The second-order valence-corrected chi connectivity index (χ2v) is 12.2. The summed E-state index contributed by atoms with van der Waals surface area (Å²) in [7, 11) is -3.69. The van der Waals surface area contributed by atoms with Crippen LogP contribution < -0.4 is 5.32 Å². The zero-order valence-corrected chi connectivity index (χ0v) is 21.7. The molecule has 0 spiro atoms. The van der Waals surface area contributed by atoms with E-state index in [-0.39, 0.29) is 25.2 Å². The molecule has 3 heterocycles. The molecule has 210 valence electrons. The highest BCUT2D eigenvalue weighted by molar-refractivity contribution is 7.89. The van der Waals surface area contributed by atoms with Crippen molar-refractivity contribution in [3.8, 4) is 0 Å². The van der Waals surface area contributed by atoms with Crippen LogP contribution in [0.4, 0.5) is 26.7 Å². The molecule has 0 aliphatic carbocycles. The zero-order valence-electron chi connectivity index (χ0n) is 20.9. The number of rotatable bonds is 4. The van der Waals surface area contributed by atoms with Gasteiger partial charge in [0.2, 0.25) is 0 Å². The van der Waals surface area contributed by atoms with Gasteiger partial charge in [-0.3, -0.25) is 4.90 Å². The summed E-state index contributed by atoms with van der Waals surface area (Å²) in [6.45, 7) is 4.59. The molecule has 0 saturated carbocycles. The maximum absolute atomic E-state index is 14.7. The van der Waals surface area contributed by atoms with Crippen LogP contribution in [0.25, 0.3) is 0 Å². The van der Waals surface area contributed by atoms with Crippen molar-refractivity contribution in [1.82, 2.24) is 19.4 Å². The van der Waals surface area contributed by atoms with Gasteiger partial charge in [-0.25, -0.2) is 22.0 Å². The van der Waals surface area contributed by atoms with E-state index in [9.17, 15) is 35.2 Å². The molecule has 4 atom stereocenters. The summed E-state index contributed by atoms with van der Waals surface area (Å²) in [5.74, 6) is -1.89. The Labute approximate surface area is 215 Å². The molecule has 1 N–H and O–H groups in total. The van der Waals surface area contributed by atoms with E-state index in [4.69, 9.17) is 9.47 Å². The minimum atomic E-state index is -4.91. The van der Waals surface area contributed by atoms with Crippen LogP contribution in [-0.2, 0) is 32.6 Å².